The van der Waals surface area contributed by atoms with Crippen molar-refractivity contribution in [2.75, 3.05) is 18.9 Å². The van der Waals surface area contributed by atoms with E-state index in [0.717, 1.165) is 24.7 Å². The van der Waals surface area contributed by atoms with Crippen LogP contribution in [0, 0.1) is 5.92 Å². The summed E-state index contributed by atoms with van der Waals surface area (Å²) < 4.78 is 0. The molecule has 1 saturated carbocycles. The molecule has 0 atom stereocenters. The minimum absolute atomic E-state index is 0.0109. The second kappa shape index (κ2) is 5.66. The zero-order valence-corrected chi connectivity index (χ0v) is 10.2. The Balaban J connectivity index is 1.81. The molecule has 1 fully saturated rings. The first kappa shape index (κ1) is 11.9. The second-order valence-electron chi connectivity index (χ2n) is 4.52. The molecule has 0 aromatic carbocycles. The minimum Gasteiger partial charge on any atom is -0.373 e. The van der Waals surface area contributed by atoms with Gasteiger partial charge in [0.25, 0.3) is 5.91 Å². The Morgan fingerprint density at radius 2 is 2.35 bits per heavy atom. The quantitative estimate of drug-likeness (QED) is 0.818. The number of nitrogens with one attached hydrogen (secondary N) is 2. The van der Waals surface area contributed by atoms with E-state index in [1.165, 1.54) is 19.3 Å². The summed E-state index contributed by atoms with van der Waals surface area (Å²) in [5.74, 6) is 1.54. The molecule has 1 heterocycles. The van der Waals surface area contributed by atoms with Gasteiger partial charge in [0.15, 0.2) is 0 Å². The molecule has 2 rings (SSSR count). The molecule has 4 nitrogen and oxygen atoms in total. The van der Waals surface area contributed by atoms with Crippen molar-refractivity contribution in [2.45, 2.75) is 25.7 Å². The van der Waals surface area contributed by atoms with Gasteiger partial charge >= 0.3 is 0 Å². The number of aromatic nitrogens is 1. The molecular formula is C13H19N3O. The fraction of sp³-hybridized carbons (Fsp3) is 0.538. The molecule has 1 aromatic rings. The molecule has 92 valence electrons. The number of nitrogens with zero attached hydrogens (tertiary/aromatic N) is 1. The van der Waals surface area contributed by atoms with Crippen molar-refractivity contribution in [1.82, 2.24) is 10.3 Å². The molecule has 4 heteroatoms. The van der Waals surface area contributed by atoms with Crippen LogP contribution in [0.1, 0.15) is 36.0 Å². The standard InChI is InChI=1S/C13H19N3O/c1-14-12-9-11(6-8-15-12)13(17)16-7-5-10-3-2-4-10/h6,8-10H,2-5,7H2,1H3,(H,14,15)(H,16,17). The van der Waals surface area contributed by atoms with Crippen LogP contribution in [0.25, 0.3) is 0 Å². The molecule has 17 heavy (non-hydrogen) atoms. The average Bonchev–Trinajstić information content (AvgIpc) is 2.32. The fourth-order valence-electron chi connectivity index (χ4n) is 1.98. The number of rotatable bonds is 5. The first-order valence-electron chi connectivity index (χ1n) is 6.21. The molecule has 1 amide bonds. The highest BCUT2D eigenvalue weighted by Gasteiger charge is 2.17. The molecule has 2 N–H and O–H groups in total. The summed E-state index contributed by atoms with van der Waals surface area (Å²) in [7, 11) is 1.79. The molecule has 1 aliphatic rings. The van der Waals surface area contributed by atoms with Gasteiger partial charge in [-0.05, 0) is 24.5 Å². The highest BCUT2D eigenvalue weighted by atomic mass is 16.1. The number of hydrogen-bond donors (Lipinski definition) is 2. The third-order valence-electron chi connectivity index (χ3n) is 3.34. The second-order valence-corrected chi connectivity index (χ2v) is 4.52. The Morgan fingerprint density at radius 3 is 3.00 bits per heavy atom. The van der Waals surface area contributed by atoms with Crippen LogP contribution in [0.15, 0.2) is 18.3 Å². The van der Waals surface area contributed by atoms with Crippen LogP contribution in [-0.2, 0) is 0 Å². The molecular weight excluding hydrogens is 214 g/mol. The molecule has 0 saturated heterocycles. The van der Waals surface area contributed by atoms with E-state index in [4.69, 9.17) is 0 Å². The highest BCUT2D eigenvalue weighted by molar-refractivity contribution is 5.94. The maximum Gasteiger partial charge on any atom is 0.251 e. The minimum atomic E-state index is -0.0109. The molecule has 0 spiro atoms. The summed E-state index contributed by atoms with van der Waals surface area (Å²) in [5.41, 5.74) is 0.665. The Labute approximate surface area is 102 Å². The van der Waals surface area contributed by atoms with Crippen LogP contribution in [0.5, 0.6) is 0 Å². The lowest BCUT2D eigenvalue weighted by atomic mass is 9.83. The lowest BCUT2D eigenvalue weighted by molar-refractivity contribution is 0.0949. The van der Waals surface area contributed by atoms with Crippen LogP contribution in [0.2, 0.25) is 0 Å². The predicted octanol–water partition coefficient (Wildman–Crippen LogP) is 2.04. The molecule has 0 bridgehead atoms. The van der Waals surface area contributed by atoms with Crippen LogP contribution in [0.4, 0.5) is 5.82 Å². The number of amides is 1. The van der Waals surface area contributed by atoms with E-state index in [-0.39, 0.29) is 5.91 Å². The molecule has 1 aromatic heterocycles. The summed E-state index contributed by atoms with van der Waals surface area (Å²) in [5, 5.41) is 5.88. The normalized spacial score (nSPS) is 15.1. The van der Waals surface area contributed by atoms with Crippen molar-refractivity contribution >= 4 is 11.7 Å². The monoisotopic (exact) mass is 233 g/mol. The largest absolute Gasteiger partial charge is 0.373 e. The van der Waals surface area contributed by atoms with E-state index in [9.17, 15) is 4.79 Å². The Kier molecular flexibility index (Phi) is 3.96. The van der Waals surface area contributed by atoms with Gasteiger partial charge in [0, 0.05) is 25.4 Å². The average molecular weight is 233 g/mol. The molecule has 0 aliphatic heterocycles. The first-order chi connectivity index (χ1) is 8.29. The van der Waals surface area contributed by atoms with Gasteiger partial charge < -0.3 is 10.6 Å². The van der Waals surface area contributed by atoms with Gasteiger partial charge in [0.05, 0.1) is 0 Å². The van der Waals surface area contributed by atoms with E-state index < -0.39 is 0 Å². The Hall–Kier alpha value is -1.58. The van der Waals surface area contributed by atoms with Crippen molar-refractivity contribution in [3.8, 4) is 0 Å². The number of hydrogen-bond acceptors (Lipinski definition) is 3. The summed E-state index contributed by atoms with van der Waals surface area (Å²) in [6, 6.07) is 3.50. The first-order valence-corrected chi connectivity index (χ1v) is 6.21. The van der Waals surface area contributed by atoms with Crippen LogP contribution in [-0.4, -0.2) is 24.5 Å². The smallest absolute Gasteiger partial charge is 0.251 e. The van der Waals surface area contributed by atoms with Crippen molar-refractivity contribution in [3.63, 3.8) is 0 Å². The summed E-state index contributed by atoms with van der Waals surface area (Å²) in [4.78, 5) is 15.9. The van der Waals surface area contributed by atoms with E-state index in [2.05, 4.69) is 15.6 Å². The zero-order chi connectivity index (χ0) is 12.1. The maximum absolute atomic E-state index is 11.8. The predicted molar refractivity (Wildman–Crippen MR) is 68.1 cm³/mol. The Bertz CT molecular complexity index is 388. The van der Waals surface area contributed by atoms with E-state index in [1.54, 1.807) is 25.4 Å². The SMILES string of the molecule is CNc1cc(C(=O)NCCC2CCC2)ccn1. The van der Waals surface area contributed by atoms with Gasteiger partial charge in [-0.15, -0.1) is 0 Å². The summed E-state index contributed by atoms with van der Waals surface area (Å²) >= 11 is 0. The van der Waals surface area contributed by atoms with Crippen LogP contribution < -0.4 is 10.6 Å². The van der Waals surface area contributed by atoms with Crippen molar-refractivity contribution in [3.05, 3.63) is 23.9 Å². The third-order valence-corrected chi connectivity index (χ3v) is 3.34. The van der Waals surface area contributed by atoms with Crippen molar-refractivity contribution in [2.24, 2.45) is 5.92 Å². The number of pyridine rings is 1. The van der Waals surface area contributed by atoms with Gasteiger partial charge in [-0.2, -0.15) is 0 Å². The topological polar surface area (TPSA) is 54.0 Å². The third kappa shape index (κ3) is 3.19. The summed E-state index contributed by atoms with van der Waals surface area (Å²) in [6.07, 6.45) is 6.76. The zero-order valence-electron chi connectivity index (χ0n) is 10.2. The van der Waals surface area contributed by atoms with E-state index in [0.29, 0.717) is 5.56 Å². The van der Waals surface area contributed by atoms with Crippen molar-refractivity contribution in [1.29, 1.82) is 0 Å². The van der Waals surface area contributed by atoms with Gasteiger partial charge in [-0.3, -0.25) is 4.79 Å². The van der Waals surface area contributed by atoms with Crippen LogP contribution in [0.3, 0.4) is 0 Å². The lowest BCUT2D eigenvalue weighted by Crippen LogP contribution is -2.27. The molecule has 0 unspecified atom stereocenters. The maximum atomic E-state index is 11.8. The highest BCUT2D eigenvalue weighted by Crippen LogP contribution is 2.28. The van der Waals surface area contributed by atoms with Gasteiger partial charge in [-0.25, -0.2) is 4.98 Å². The summed E-state index contributed by atoms with van der Waals surface area (Å²) in [6.45, 7) is 0.778. The number of carbonyl (C=O) groups excluding carboxylic acids is 1. The van der Waals surface area contributed by atoms with E-state index >= 15 is 0 Å². The lowest BCUT2D eigenvalue weighted by Gasteiger charge is -2.25. The number of anilines is 1. The van der Waals surface area contributed by atoms with Crippen LogP contribution >= 0.6 is 0 Å². The molecule has 1 aliphatic carbocycles. The van der Waals surface area contributed by atoms with Crippen molar-refractivity contribution < 1.29 is 4.79 Å². The van der Waals surface area contributed by atoms with Gasteiger partial charge in [0.2, 0.25) is 0 Å². The number of carbonyl (C=O) groups is 1. The fourth-order valence-corrected chi connectivity index (χ4v) is 1.98. The van der Waals surface area contributed by atoms with Gasteiger partial charge in [0.1, 0.15) is 5.82 Å². The Morgan fingerprint density at radius 1 is 1.53 bits per heavy atom. The van der Waals surface area contributed by atoms with E-state index in [1.807, 2.05) is 0 Å². The van der Waals surface area contributed by atoms with Gasteiger partial charge in [-0.1, -0.05) is 19.3 Å². The molecule has 0 radical (unpaired) electrons.